The van der Waals surface area contributed by atoms with Crippen LogP contribution in [0.2, 0.25) is 37.3 Å². The Balaban J connectivity index is 2.04. The first-order valence-electron chi connectivity index (χ1n) is 7.95. The number of hydrogen-bond donors (Lipinski definition) is 0. The molecule has 0 aromatic heterocycles. The summed E-state index contributed by atoms with van der Waals surface area (Å²) in [5.41, 5.74) is 1.47. The molecule has 108 valence electrons. The average Bonchev–Trinajstić information content (AvgIpc) is 2.40. The van der Waals surface area contributed by atoms with Crippen LogP contribution in [-0.4, -0.2) is 16.6 Å². The molecule has 2 rings (SSSR count). The minimum absolute atomic E-state index is 0.737. The van der Waals surface area contributed by atoms with E-state index in [2.05, 4.69) is 50.5 Å². The molecule has 19 heavy (non-hydrogen) atoms. The van der Waals surface area contributed by atoms with E-state index in [0.29, 0.717) is 0 Å². The molecule has 0 fully saturated rings. The van der Waals surface area contributed by atoms with Crippen molar-refractivity contribution in [2.75, 3.05) is 0 Å². The van der Waals surface area contributed by atoms with Gasteiger partial charge in [0.25, 0.3) is 0 Å². The fraction of sp³-hybridized carbons (Fsp3) is 0.750. The van der Waals surface area contributed by atoms with Crippen molar-refractivity contribution in [1.82, 2.24) is 0 Å². The Labute approximate surface area is 121 Å². The molecule has 0 spiro atoms. The van der Waals surface area contributed by atoms with Gasteiger partial charge < -0.3 is 4.12 Å². The summed E-state index contributed by atoms with van der Waals surface area (Å²) in [4.78, 5) is 0. The van der Waals surface area contributed by atoms with E-state index in [1.165, 1.54) is 38.5 Å². The predicted octanol–water partition coefficient (Wildman–Crippen LogP) is 5.63. The van der Waals surface area contributed by atoms with Crippen LogP contribution in [0.25, 0.3) is 0 Å². The molecule has 0 aromatic carbocycles. The smallest absolute Gasteiger partial charge is 0.180 e. The minimum atomic E-state index is -1.58. The highest BCUT2D eigenvalue weighted by Gasteiger charge is 2.41. The number of rotatable bonds is 4. The van der Waals surface area contributed by atoms with Crippen molar-refractivity contribution >= 4 is 16.6 Å². The maximum absolute atomic E-state index is 6.88. The second kappa shape index (κ2) is 6.10. The molecule has 2 aliphatic carbocycles. The third kappa shape index (κ3) is 3.93. The maximum atomic E-state index is 6.88. The normalized spacial score (nSPS) is 28.6. The lowest BCUT2D eigenvalue weighted by molar-refractivity contribution is 0.493. The third-order valence-electron chi connectivity index (χ3n) is 4.82. The van der Waals surface area contributed by atoms with Crippen LogP contribution < -0.4 is 0 Å². The van der Waals surface area contributed by atoms with Crippen LogP contribution in [0.1, 0.15) is 38.5 Å². The van der Waals surface area contributed by atoms with Crippen LogP contribution in [0, 0.1) is 0 Å². The van der Waals surface area contributed by atoms with Gasteiger partial charge in [-0.2, -0.15) is 0 Å². The summed E-state index contributed by atoms with van der Waals surface area (Å²) in [6.07, 6.45) is 17.6. The fourth-order valence-corrected chi connectivity index (χ4v) is 13.2. The van der Waals surface area contributed by atoms with Crippen molar-refractivity contribution in [2.24, 2.45) is 0 Å². The molecule has 2 unspecified atom stereocenters. The van der Waals surface area contributed by atoms with Gasteiger partial charge in [-0.3, -0.25) is 0 Å². The molecular formula is C16H30OSi2. The summed E-state index contributed by atoms with van der Waals surface area (Å²) in [6, 6.07) is 0. The predicted molar refractivity (Wildman–Crippen MR) is 89.5 cm³/mol. The summed E-state index contributed by atoms with van der Waals surface area (Å²) in [6.45, 7) is 9.76. The van der Waals surface area contributed by atoms with Crippen LogP contribution in [0.4, 0.5) is 0 Å². The van der Waals surface area contributed by atoms with E-state index in [9.17, 15) is 0 Å². The highest BCUT2D eigenvalue weighted by atomic mass is 28.4. The zero-order valence-electron chi connectivity index (χ0n) is 13.1. The van der Waals surface area contributed by atoms with E-state index in [-0.39, 0.29) is 0 Å². The molecule has 0 bridgehead atoms. The van der Waals surface area contributed by atoms with Crippen LogP contribution in [-0.2, 0) is 4.12 Å². The lowest BCUT2D eigenvalue weighted by Gasteiger charge is -2.42. The largest absolute Gasteiger partial charge is 0.455 e. The summed E-state index contributed by atoms with van der Waals surface area (Å²) >= 11 is 0. The SMILES string of the molecule is C[Si](C)(O[Si](C)(C)C1C=CCCC1)C1C=CCCC1. The molecule has 2 atom stereocenters. The topological polar surface area (TPSA) is 9.23 Å². The highest BCUT2D eigenvalue weighted by molar-refractivity contribution is 6.86. The molecule has 1 nitrogen and oxygen atoms in total. The van der Waals surface area contributed by atoms with E-state index in [1.54, 1.807) is 0 Å². The van der Waals surface area contributed by atoms with E-state index in [4.69, 9.17) is 4.12 Å². The molecule has 0 saturated heterocycles. The summed E-state index contributed by atoms with van der Waals surface area (Å²) in [5, 5.41) is 0. The molecule has 0 aromatic rings. The summed E-state index contributed by atoms with van der Waals surface area (Å²) in [5.74, 6) is 0. The van der Waals surface area contributed by atoms with Gasteiger partial charge in [0.05, 0.1) is 0 Å². The van der Waals surface area contributed by atoms with E-state index < -0.39 is 16.6 Å². The summed E-state index contributed by atoms with van der Waals surface area (Å²) < 4.78 is 6.88. The number of hydrogen-bond acceptors (Lipinski definition) is 1. The lowest BCUT2D eigenvalue weighted by atomic mass is 10.1. The van der Waals surface area contributed by atoms with Crippen molar-refractivity contribution < 1.29 is 4.12 Å². The van der Waals surface area contributed by atoms with Crippen LogP contribution in [0.5, 0.6) is 0 Å². The Morgan fingerprint density at radius 2 is 1.21 bits per heavy atom. The van der Waals surface area contributed by atoms with Gasteiger partial charge in [-0.25, -0.2) is 0 Å². The Morgan fingerprint density at radius 3 is 1.53 bits per heavy atom. The monoisotopic (exact) mass is 294 g/mol. The van der Waals surface area contributed by atoms with E-state index >= 15 is 0 Å². The summed E-state index contributed by atoms with van der Waals surface area (Å²) in [7, 11) is -3.16. The van der Waals surface area contributed by atoms with Gasteiger partial charge in [-0.15, -0.1) is 0 Å². The van der Waals surface area contributed by atoms with Gasteiger partial charge >= 0.3 is 0 Å². The first kappa shape index (κ1) is 15.3. The third-order valence-corrected chi connectivity index (χ3v) is 13.6. The average molecular weight is 295 g/mol. The Bertz CT molecular complexity index is 324. The lowest BCUT2D eigenvalue weighted by Crippen LogP contribution is -2.49. The van der Waals surface area contributed by atoms with Crippen molar-refractivity contribution in [1.29, 1.82) is 0 Å². The Kier molecular flexibility index (Phi) is 4.90. The highest BCUT2D eigenvalue weighted by Crippen LogP contribution is 2.40. The molecule has 0 heterocycles. The molecule has 0 amide bonds. The standard InChI is InChI=1S/C16H30OSi2/c1-18(2,15-11-7-5-8-12-15)17-19(3,4)16-13-9-6-10-14-16/h7,9,11,13,15-16H,5-6,8,10,12,14H2,1-4H3. The van der Waals surface area contributed by atoms with Crippen molar-refractivity contribution in [3.05, 3.63) is 24.3 Å². The molecule has 0 saturated carbocycles. The zero-order chi connectivity index (χ0) is 13.9. The zero-order valence-corrected chi connectivity index (χ0v) is 15.1. The first-order chi connectivity index (χ1) is 8.92. The second-order valence-electron chi connectivity index (χ2n) is 7.24. The van der Waals surface area contributed by atoms with Crippen molar-refractivity contribution in [2.45, 2.75) is 75.8 Å². The second-order valence-corrected chi connectivity index (χ2v) is 16.0. The molecule has 0 radical (unpaired) electrons. The van der Waals surface area contributed by atoms with Gasteiger partial charge in [0.1, 0.15) is 0 Å². The maximum Gasteiger partial charge on any atom is 0.180 e. The van der Waals surface area contributed by atoms with Gasteiger partial charge in [0, 0.05) is 0 Å². The molecule has 0 aliphatic heterocycles. The van der Waals surface area contributed by atoms with Gasteiger partial charge in [-0.05, 0) is 75.8 Å². The van der Waals surface area contributed by atoms with Crippen LogP contribution in [0.3, 0.4) is 0 Å². The van der Waals surface area contributed by atoms with Crippen molar-refractivity contribution in [3.63, 3.8) is 0 Å². The number of allylic oxidation sites excluding steroid dienone is 4. The minimum Gasteiger partial charge on any atom is -0.455 e. The fourth-order valence-electron chi connectivity index (χ4n) is 3.61. The van der Waals surface area contributed by atoms with Crippen molar-refractivity contribution in [3.8, 4) is 0 Å². The molecular weight excluding hydrogens is 264 g/mol. The Hall–Kier alpha value is -0.126. The molecule has 0 N–H and O–H groups in total. The molecule has 2 aliphatic rings. The van der Waals surface area contributed by atoms with Crippen LogP contribution >= 0.6 is 0 Å². The first-order valence-corrected chi connectivity index (χ1v) is 13.9. The Morgan fingerprint density at radius 1 is 0.789 bits per heavy atom. The molecule has 3 heteroatoms. The van der Waals surface area contributed by atoms with E-state index in [0.717, 1.165) is 11.1 Å². The van der Waals surface area contributed by atoms with E-state index in [1.807, 2.05) is 0 Å². The quantitative estimate of drug-likeness (QED) is 0.482. The van der Waals surface area contributed by atoms with Gasteiger partial charge in [0.15, 0.2) is 16.6 Å². The van der Waals surface area contributed by atoms with Gasteiger partial charge in [-0.1, -0.05) is 24.3 Å². The van der Waals surface area contributed by atoms with Gasteiger partial charge in [0.2, 0.25) is 0 Å². The van der Waals surface area contributed by atoms with Crippen LogP contribution in [0.15, 0.2) is 24.3 Å².